The Kier molecular flexibility index (Phi) is 7.01. The van der Waals surface area contributed by atoms with Gasteiger partial charge in [-0.1, -0.05) is 0 Å². The van der Waals surface area contributed by atoms with Crippen LogP contribution >= 0.6 is 0 Å². The van der Waals surface area contributed by atoms with Gasteiger partial charge in [-0.05, 0) is 32.0 Å². The predicted octanol–water partition coefficient (Wildman–Crippen LogP) is 3.72. The Labute approximate surface area is 179 Å². The number of carbonyl (C=O) groups excluding carboxylic acids is 1. The van der Waals surface area contributed by atoms with Crippen LogP contribution in [0.5, 0.6) is 0 Å². The number of carboxylic acid groups (broad SMARTS) is 1. The van der Waals surface area contributed by atoms with Crippen molar-refractivity contribution in [1.82, 2.24) is 14.5 Å². The summed E-state index contributed by atoms with van der Waals surface area (Å²) in [5, 5.41) is 7.68. The smallest absolute Gasteiger partial charge is 0.475 e. The van der Waals surface area contributed by atoms with E-state index in [4.69, 9.17) is 14.6 Å². The van der Waals surface area contributed by atoms with Crippen LogP contribution in [0.3, 0.4) is 0 Å². The van der Waals surface area contributed by atoms with Crippen LogP contribution in [0.4, 0.5) is 22.0 Å². The van der Waals surface area contributed by atoms with Crippen molar-refractivity contribution in [2.75, 3.05) is 7.05 Å². The number of fused-ring (bicyclic) bond motifs is 3. The summed E-state index contributed by atoms with van der Waals surface area (Å²) in [6.45, 7) is -0.487. The molecule has 4 rings (SSSR count). The van der Waals surface area contributed by atoms with Crippen LogP contribution < -0.4 is 0 Å². The van der Waals surface area contributed by atoms with Crippen LogP contribution in [0.15, 0.2) is 24.5 Å². The largest absolute Gasteiger partial charge is 0.490 e. The SMILES string of the molecule is CN1[C@@H]2CC[C@H]1C[C@@H](OC(=O)c1cn(CC(F)F)c3ncccc13)C2.O=C(O)C(F)(F)F. The number of nitrogens with zero attached hydrogens (tertiary/aromatic N) is 3. The third-order valence-corrected chi connectivity index (χ3v) is 5.76. The maximum atomic E-state index is 12.8. The number of carboxylic acids is 1. The van der Waals surface area contributed by atoms with E-state index in [-0.39, 0.29) is 6.10 Å². The molecular formula is C20H22F5N3O4. The lowest BCUT2D eigenvalue weighted by molar-refractivity contribution is -0.192. The van der Waals surface area contributed by atoms with Crippen LogP contribution in [0.1, 0.15) is 36.0 Å². The summed E-state index contributed by atoms with van der Waals surface area (Å²) >= 11 is 0. The number of hydrogen-bond donors (Lipinski definition) is 1. The first-order valence-corrected chi connectivity index (χ1v) is 9.92. The molecule has 2 aromatic heterocycles. The van der Waals surface area contributed by atoms with Gasteiger partial charge in [0, 0.05) is 42.7 Å². The first-order chi connectivity index (χ1) is 15.0. The highest BCUT2D eigenvalue weighted by molar-refractivity contribution is 6.03. The Morgan fingerprint density at radius 1 is 1.25 bits per heavy atom. The zero-order valence-corrected chi connectivity index (χ0v) is 17.1. The standard InChI is InChI=1S/C18H21F2N3O2.C2HF3O2/c1-22-11-4-5-12(22)8-13(7-11)25-18(24)15-9-23(10-16(19)20)17-14(15)3-2-6-21-17;3-2(4,5)1(6)7/h2-3,6,9,11-13,16H,4-5,7-8,10H2,1H3;(H,6,7)/t11-,12+,13+;. The molecular weight excluding hydrogens is 441 g/mol. The maximum Gasteiger partial charge on any atom is 0.490 e. The van der Waals surface area contributed by atoms with Crippen LogP contribution in [0, 0.1) is 0 Å². The number of aromatic nitrogens is 2. The summed E-state index contributed by atoms with van der Waals surface area (Å²) in [4.78, 5) is 28.1. The monoisotopic (exact) mass is 463 g/mol. The van der Waals surface area contributed by atoms with E-state index in [2.05, 4.69) is 16.9 Å². The average molecular weight is 463 g/mol. The number of aliphatic carboxylic acids is 1. The molecule has 2 aromatic rings. The van der Waals surface area contributed by atoms with E-state index in [9.17, 15) is 26.7 Å². The van der Waals surface area contributed by atoms with Gasteiger partial charge in [-0.15, -0.1) is 0 Å². The van der Waals surface area contributed by atoms with Gasteiger partial charge in [-0.2, -0.15) is 13.2 Å². The average Bonchev–Trinajstić information content (AvgIpc) is 3.14. The minimum atomic E-state index is -5.08. The molecule has 2 aliphatic heterocycles. The molecule has 176 valence electrons. The molecule has 0 spiro atoms. The molecule has 0 unspecified atom stereocenters. The molecule has 2 saturated heterocycles. The van der Waals surface area contributed by atoms with Gasteiger partial charge in [0.2, 0.25) is 0 Å². The Morgan fingerprint density at radius 3 is 2.38 bits per heavy atom. The highest BCUT2D eigenvalue weighted by Gasteiger charge is 2.40. The van der Waals surface area contributed by atoms with Crippen molar-refractivity contribution in [2.45, 2.75) is 63.0 Å². The number of hydrogen-bond acceptors (Lipinski definition) is 5. The van der Waals surface area contributed by atoms with Crippen LogP contribution in [0.25, 0.3) is 11.0 Å². The lowest BCUT2D eigenvalue weighted by atomic mass is 10.0. The zero-order valence-electron chi connectivity index (χ0n) is 17.1. The maximum absolute atomic E-state index is 12.8. The van der Waals surface area contributed by atoms with Gasteiger partial charge < -0.3 is 19.3 Å². The fourth-order valence-electron chi connectivity index (χ4n) is 4.25. The summed E-state index contributed by atoms with van der Waals surface area (Å²) in [5.41, 5.74) is 0.702. The second kappa shape index (κ2) is 9.39. The normalized spacial score (nSPS) is 23.2. The number of pyridine rings is 1. The van der Waals surface area contributed by atoms with Crippen molar-refractivity contribution in [3.8, 4) is 0 Å². The minimum Gasteiger partial charge on any atom is -0.475 e. The summed E-state index contributed by atoms with van der Waals surface area (Å²) in [5.74, 6) is -3.20. The Bertz CT molecular complexity index is 964. The third kappa shape index (κ3) is 5.34. The number of ether oxygens (including phenoxy) is 1. The van der Waals surface area contributed by atoms with Crippen molar-refractivity contribution in [3.63, 3.8) is 0 Å². The Balaban J connectivity index is 0.000000360. The van der Waals surface area contributed by atoms with E-state index in [1.54, 1.807) is 12.1 Å². The van der Waals surface area contributed by atoms with E-state index in [0.29, 0.717) is 28.7 Å². The molecule has 0 radical (unpaired) electrons. The molecule has 2 fully saturated rings. The van der Waals surface area contributed by atoms with Gasteiger partial charge in [-0.25, -0.2) is 23.4 Å². The third-order valence-electron chi connectivity index (χ3n) is 5.76. The Hall–Kier alpha value is -2.76. The predicted molar refractivity (Wildman–Crippen MR) is 102 cm³/mol. The number of halogens is 5. The molecule has 1 N–H and O–H groups in total. The first-order valence-electron chi connectivity index (χ1n) is 9.92. The van der Waals surface area contributed by atoms with Crippen molar-refractivity contribution in [2.24, 2.45) is 0 Å². The van der Waals surface area contributed by atoms with Gasteiger partial charge >= 0.3 is 18.1 Å². The highest BCUT2D eigenvalue weighted by Crippen LogP contribution is 2.36. The van der Waals surface area contributed by atoms with Crippen molar-refractivity contribution < 1.29 is 41.4 Å². The lowest BCUT2D eigenvalue weighted by Crippen LogP contribution is -2.43. The van der Waals surface area contributed by atoms with Gasteiger partial charge in [0.15, 0.2) is 0 Å². The summed E-state index contributed by atoms with van der Waals surface area (Å²) in [6.07, 6.45) is -0.750. The van der Waals surface area contributed by atoms with Crippen molar-refractivity contribution in [1.29, 1.82) is 0 Å². The summed E-state index contributed by atoms with van der Waals surface area (Å²) in [7, 11) is 2.13. The van der Waals surface area contributed by atoms with E-state index >= 15 is 0 Å². The molecule has 0 aromatic carbocycles. The van der Waals surface area contributed by atoms with E-state index in [0.717, 1.165) is 25.7 Å². The van der Waals surface area contributed by atoms with Gasteiger partial charge in [0.05, 0.1) is 12.1 Å². The molecule has 0 aliphatic carbocycles. The molecule has 0 saturated carbocycles. The fraction of sp³-hybridized carbons (Fsp3) is 0.550. The number of alkyl halides is 5. The fourth-order valence-corrected chi connectivity index (χ4v) is 4.25. The highest BCUT2D eigenvalue weighted by atomic mass is 19.4. The van der Waals surface area contributed by atoms with Gasteiger partial charge in [0.1, 0.15) is 11.8 Å². The molecule has 2 bridgehead atoms. The first kappa shape index (κ1) is 23.9. The molecule has 4 heterocycles. The number of esters is 1. The topological polar surface area (TPSA) is 84.7 Å². The van der Waals surface area contributed by atoms with Crippen molar-refractivity contribution >= 4 is 23.0 Å². The molecule has 7 nitrogen and oxygen atoms in total. The quantitative estimate of drug-likeness (QED) is 0.550. The summed E-state index contributed by atoms with van der Waals surface area (Å²) < 4.78 is 64.4. The lowest BCUT2D eigenvalue weighted by Gasteiger charge is -2.35. The molecule has 3 atom stereocenters. The van der Waals surface area contributed by atoms with Crippen LogP contribution in [0.2, 0.25) is 0 Å². The molecule has 0 amide bonds. The molecule has 32 heavy (non-hydrogen) atoms. The van der Waals surface area contributed by atoms with Crippen molar-refractivity contribution in [3.05, 3.63) is 30.1 Å². The van der Waals surface area contributed by atoms with Crippen LogP contribution in [-0.4, -0.2) is 69.3 Å². The van der Waals surface area contributed by atoms with Crippen LogP contribution in [-0.2, 0) is 16.1 Å². The minimum absolute atomic E-state index is 0.105. The molecule has 2 aliphatic rings. The van der Waals surface area contributed by atoms with Gasteiger partial charge in [0.25, 0.3) is 6.43 Å². The second-order valence-electron chi connectivity index (χ2n) is 7.81. The Morgan fingerprint density at radius 2 is 1.84 bits per heavy atom. The molecule has 12 heteroatoms. The second-order valence-corrected chi connectivity index (χ2v) is 7.81. The zero-order chi connectivity index (χ0) is 23.6. The number of rotatable bonds is 4. The van der Waals surface area contributed by atoms with E-state index in [1.165, 1.54) is 17.0 Å². The number of piperidine rings is 1. The number of carbonyl (C=O) groups is 2. The summed E-state index contributed by atoms with van der Waals surface area (Å²) in [6, 6.07) is 4.36. The van der Waals surface area contributed by atoms with E-state index in [1.807, 2.05) is 0 Å². The van der Waals surface area contributed by atoms with Gasteiger partial charge in [-0.3, -0.25) is 0 Å². The van der Waals surface area contributed by atoms with E-state index < -0.39 is 31.1 Å².